The van der Waals surface area contributed by atoms with E-state index in [0.717, 1.165) is 68.8 Å². The maximum absolute atomic E-state index is 14.2. The molecule has 2 aromatic carbocycles. The molecular formula is C39H57N7O3. The summed E-state index contributed by atoms with van der Waals surface area (Å²) >= 11 is 0. The lowest BCUT2D eigenvalue weighted by Crippen LogP contribution is -2.59. The number of piperidine rings is 2. The van der Waals surface area contributed by atoms with E-state index in [1.165, 1.54) is 24.0 Å². The SMILES string of the molecule is CCc1ccc(C[C@@H](NC(=O)N2CCC(N3CCc4ccccc4NC3=O)CC2)C(=O)N2CCN(C3CCN(CC)CC3)CC2)cc1CC. The van der Waals surface area contributed by atoms with Crippen molar-refractivity contribution in [2.24, 2.45) is 0 Å². The van der Waals surface area contributed by atoms with Gasteiger partial charge in [-0.25, -0.2) is 9.59 Å². The first-order chi connectivity index (χ1) is 23.9. The van der Waals surface area contributed by atoms with Gasteiger partial charge >= 0.3 is 12.1 Å². The number of carbonyl (C=O) groups excluding carboxylic acids is 3. The van der Waals surface area contributed by atoms with Crippen molar-refractivity contribution in [3.05, 3.63) is 64.7 Å². The van der Waals surface area contributed by atoms with E-state index in [9.17, 15) is 14.4 Å². The van der Waals surface area contributed by atoms with E-state index < -0.39 is 6.04 Å². The average molecular weight is 672 g/mol. The summed E-state index contributed by atoms with van der Waals surface area (Å²) in [6, 6.07) is 14.3. The highest BCUT2D eigenvalue weighted by molar-refractivity contribution is 5.91. The third-order valence-electron chi connectivity index (χ3n) is 11.5. The highest BCUT2D eigenvalue weighted by atomic mass is 16.2. The number of anilines is 1. The molecule has 0 aliphatic carbocycles. The number of nitrogens with zero attached hydrogens (tertiary/aromatic N) is 5. The summed E-state index contributed by atoms with van der Waals surface area (Å²) in [6.45, 7) is 14.9. The lowest BCUT2D eigenvalue weighted by atomic mass is 9.96. The number of amides is 5. The van der Waals surface area contributed by atoms with Crippen LogP contribution in [0.5, 0.6) is 0 Å². The first-order valence-corrected chi connectivity index (χ1v) is 18.9. The molecule has 0 bridgehead atoms. The number of para-hydroxylation sites is 1. The zero-order chi connectivity index (χ0) is 34.3. The normalized spacial score (nSPS) is 20.8. The van der Waals surface area contributed by atoms with Crippen molar-refractivity contribution in [3.8, 4) is 0 Å². The third kappa shape index (κ3) is 8.40. The lowest BCUT2D eigenvalue weighted by molar-refractivity contribution is -0.135. The molecular weight excluding hydrogens is 614 g/mol. The van der Waals surface area contributed by atoms with E-state index in [1.54, 1.807) is 0 Å². The number of aryl methyl sites for hydroxylation is 2. The molecule has 0 spiro atoms. The first-order valence-electron chi connectivity index (χ1n) is 18.9. The van der Waals surface area contributed by atoms with Crippen LogP contribution in [0.2, 0.25) is 0 Å². The molecule has 4 aliphatic rings. The van der Waals surface area contributed by atoms with Gasteiger partial charge in [-0.05, 0) is 92.9 Å². The fourth-order valence-electron chi connectivity index (χ4n) is 8.40. The van der Waals surface area contributed by atoms with Crippen LogP contribution in [0.3, 0.4) is 0 Å². The number of piperazine rings is 1. The first kappa shape index (κ1) is 35.2. The van der Waals surface area contributed by atoms with Gasteiger partial charge in [0.05, 0.1) is 0 Å². The summed E-state index contributed by atoms with van der Waals surface area (Å²) in [6.07, 6.45) is 7.03. The van der Waals surface area contributed by atoms with Crippen LogP contribution in [0.15, 0.2) is 42.5 Å². The number of urea groups is 2. The number of fused-ring (bicyclic) bond motifs is 1. The average Bonchev–Trinajstić information content (AvgIpc) is 3.32. The van der Waals surface area contributed by atoms with Crippen LogP contribution < -0.4 is 10.6 Å². The largest absolute Gasteiger partial charge is 0.338 e. The third-order valence-corrected chi connectivity index (χ3v) is 11.5. The molecule has 266 valence electrons. The van der Waals surface area contributed by atoms with Crippen molar-refractivity contribution in [1.82, 2.24) is 29.8 Å². The molecule has 2 aromatic rings. The van der Waals surface area contributed by atoms with Crippen LogP contribution in [0.4, 0.5) is 15.3 Å². The Hall–Kier alpha value is -3.63. The summed E-state index contributed by atoms with van der Waals surface area (Å²) in [5.41, 5.74) is 5.77. The molecule has 4 aliphatic heterocycles. The number of benzene rings is 2. The summed E-state index contributed by atoms with van der Waals surface area (Å²) < 4.78 is 0. The van der Waals surface area contributed by atoms with E-state index in [0.29, 0.717) is 58.0 Å². The number of carbonyl (C=O) groups is 3. The molecule has 5 amide bonds. The highest BCUT2D eigenvalue weighted by Crippen LogP contribution is 2.25. The van der Waals surface area contributed by atoms with Crippen LogP contribution in [-0.4, -0.2) is 126 Å². The van der Waals surface area contributed by atoms with Gasteiger partial charge in [-0.2, -0.15) is 0 Å². The summed E-state index contributed by atoms with van der Waals surface area (Å²) in [7, 11) is 0. The molecule has 6 rings (SSSR count). The topological polar surface area (TPSA) is 91.5 Å². The fraction of sp³-hybridized carbons (Fsp3) is 0.615. The summed E-state index contributed by atoms with van der Waals surface area (Å²) in [5.74, 6) is 0.0158. The minimum atomic E-state index is -0.628. The Morgan fingerprint density at radius 3 is 2.18 bits per heavy atom. The number of likely N-dealkylation sites (tertiary alicyclic amines) is 2. The van der Waals surface area contributed by atoms with E-state index in [4.69, 9.17) is 0 Å². The Kier molecular flexibility index (Phi) is 11.8. The van der Waals surface area contributed by atoms with E-state index in [2.05, 4.69) is 65.5 Å². The van der Waals surface area contributed by atoms with E-state index in [1.807, 2.05) is 32.9 Å². The minimum Gasteiger partial charge on any atom is -0.338 e. The molecule has 3 saturated heterocycles. The van der Waals surface area contributed by atoms with Gasteiger partial charge < -0.3 is 30.2 Å². The Labute approximate surface area is 293 Å². The van der Waals surface area contributed by atoms with Gasteiger partial charge in [0, 0.05) is 70.0 Å². The monoisotopic (exact) mass is 671 g/mol. The lowest BCUT2D eigenvalue weighted by Gasteiger charge is -2.43. The number of hydrogen-bond donors (Lipinski definition) is 2. The molecule has 10 heteroatoms. The van der Waals surface area contributed by atoms with Crippen molar-refractivity contribution in [2.75, 3.05) is 70.8 Å². The second-order valence-electron chi connectivity index (χ2n) is 14.3. The van der Waals surface area contributed by atoms with Crippen LogP contribution >= 0.6 is 0 Å². The van der Waals surface area contributed by atoms with Crippen molar-refractivity contribution in [3.63, 3.8) is 0 Å². The minimum absolute atomic E-state index is 0.0158. The highest BCUT2D eigenvalue weighted by Gasteiger charge is 2.35. The molecule has 3 fully saturated rings. The van der Waals surface area contributed by atoms with Crippen molar-refractivity contribution >= 4 is 23.7 Å². The quantitative estimate of drug-likeness (QED) is 0.407. The van der Waals surface area contributed by atoms with Gasteiger partial charge in [0.2, 0.25) is 5.91 Å². The van der Waals surface area contributed by atoms with Gasteiger partial charge in [-0.3, -0.25) is 9.69 Å². The van der Waals surface area contributed by atoms with Crippen molar-refractivity contribution < 1.29 is 14.4 Å². The molecule has 1 atom stereocenters. The Bertz CT molecular complexity index is 1440. The van der Waals surface area contributed by atoms with Crippen LogP contribution in [0.25, 0.3) is 0 Å². The molecule has 0 unspecified atom stereocenters. The zero-order valence-corrected chi connectivity index (χ0v) is 30.0. The Morgan fingerprint density at radius 2 is 1.49 bits per heavy atom. The van der Waals surface area contributed by atoms with Gasteiger partial charge in [-0.1, -0.05) is 57.2 Å². The fourth-order valence-corrected chi connectivity index (χ4v) is 8.40. The number of hydrogen-bond acceptors (Lipinski definition) is 5. The predicted octanol–water partition coefficient (Wildman–Crippen LogP) is 4.62. The Morgan fingerprint density at radius 1 is 0.796 bits per heavy atom. The van der Waals surface area contributed by atoms with Crippen LogP contribution in [-0.2, 0) is 30.5 Å². The number of nitrogens with one attached hydrogen (secondary N) is 2. The Balaban J connectivity index is 1.08. The van der Waals surface area contributed by atoms with Crippen molar-refractivity contribution in [1.29, 1.82) is 0 Å². The molecule has 2 N–H and O–H groups in total. The summed E-state index contributed by atoms with van der Waals surface area (Å²) in [5, 5.41) is 6.28. The molecule has 0 radical (unpaired) electrons. The molecule has 49 heavy (non-hydrogen) atoms. The van der Waals surface area contributed by atoms with Crippen LogP contribution in [0.1, 0.15) is 68.7 Å². The second-order valence-corrected chi connectivity index (χ2v) is 14.3. The van der Waals surface area contributed by atoms with Gasteiger partial charge in [-0.15, -0.1) is 0 Å². The van der Waals surface area contributed by atoms with Crippen LogP contribution in [0, 0.1) is 0 Å². The van der Waals surface area contributed by atoms with Gasteiger partial charge in [0.15, 0.2) is 0 Å². The smallest absolute Gasteiger partial charge is 0.322 e. The predicted molar refractivity (Wildman–Crippen MR) is 195 cm³/mol. The molecule has 4 heterocycles. The van der Waals surface area contributed by atoms with E-state index in [-0.39, 0.29) is 24.0 Å². The van der Waals surface area contributed by atoms with E-state index >= 15 is 0 Å². The van der Waals surface area contributed by atoms with Gasteiger partial charge in [0.25, 0.3) is 0 Å². The second kappa shape index (κ2) is 16.4. The maximum atomic E-state index is 14.2. The molecule has 0 saturated carbocycles. The van der Waals surface area contributed by atoms with Crippen molar-refractivity contribution in [2.45, 2.75) is 90.3 Å². The number of rotatable bonds is 9. The standard InChI is InChI=1S/C39H57N7O3/c1-4-30-12-11-29(27-31(30)5-2)28-36(37(47)44-25-23-43(24-26-44)33-14-18-42(6-3)19-15-33)41-38(48)45-20-16-34(17-21-45)46-22-13-32-9-7-8-10-35(32)40-39(46)49/h7-12,27,33-34,36H,4-6,13-26,28H2,1-3H3,(H,40,49)(H,41,48)/t36-/m1/s1. The maximum Gasteiger partial charge on any atom is 0.322 e. The zero-order valence-electron chi connectivity index (χ0n) is 30.0. The molecule has 0 aromatic heterocycles. The molecule has 10 nitrogen and oxygen atoms in total. The van der Waals surface area contributed by atoms with Gasteiger partial charge in [0.1, 0.15) is 6.04 Å². The summed E-state index contributed by atoms with van der Waals surface area (Å²) in [4.78, 5) is 52.0.